The molecule has 0 aromatic carbocycles. The van der Waals surface area contributed by atoms with Crippen molar-refractivity contribution >= 4 is 19.7 Å². The van der Waals surface area contributed by atoms with Gasteiger partial charge in [0.2, 0.25) is 0 Å². The summed E-state index contributed by atoms with van der Waals surface area (Å²) in [6, 6.07) is 0. The lowest BCUT2D eigenvalue weighted by atomic mass is 10.6. The first kappa shape index (κ1) is 12.9. The Labute approximate surface area is 80.2 Å². The molecule has 0 aliphatic rings. The highest BCUT2D eigenvalue weighted by Crippen LogP contribution is 2.03. The molecule has 0 unspecified atom stereocenters. The van der Waals surface area contributed by atoms with Crippen LogP contribution in [0, 0.1) is 0 Å². The van der Waals surface area contributed by atoms with E-state index in [4.69, 9.17) is 0 Å². The van der Waals surface area contributed by atoms with Gasteiger partial charge < -0.3 is 0 Å². The van der Waals surface area contributed by atoms with Gasteiger partial charge in [0, 0.05) is 6.26 Å². The first-order valence-electron chi connectivity index (χ1n) is 4.04. The Morgan fingerprint density at radius 1 is 1.00 bits per heavy atom. The summed E-state index contributed by atoms with van der Waals surface area (Å²) in [5.74, 6) is -0.101. The van der Waals surface area contributed by atoms with Crippen LogP contribution in [0.25, 0.3) is 0 Å². The van der Waals surface area contributed by atoms with Gasteiger partial charge in [-0.25, -0.2) is 16.8 Å². The molecule has 0 aliphatic carbocycles. The molecule has 0 heterocycles. The lowest BCUT2D eigenvalue weighted by molar-refractivity contribution is 0.584. The molecule has 6 heteroatoms. The van der Waals surface area contributed by atoms with Crippen molar-refractivity contribution in [2.75, 3.05) is 17.8 Å². The van der Waals surface area contributed by atoms with E-state index in [0.29, 0.717) is 0 Å². The summed E-state index contributed by atoms with van der Waals surface area (Å²) >= 11 is 0. The first-order chi connectivity index (χ1) is 5.65. The fourth-order valence-corrected chi connectivity index (χ4v) is 2.63. The maximum absolute atomic E-state index is 11.2. The van der Waals surface area contributed by atoms with E-state index in [1.54, 1.807) is 13.8 Å². The first-order valence-corrected chi connectivity index (χ1v) is 7.82. The molecule has 0 saturated carbocycles. The van der Waals surface area contributed by atoms with Gasteiger partial charge in [-0.2, -0.15) is 0 Å². The highest BCUT2D eigenvalue weighted by atomic mass is 32.2. The molecule has 4 nitrogen and oxygen atoms in total. The fourth-order valence-electron chi connectivity index (χ4n) is 0.758. The normalized spacial score (nSPS) is 13.5. The predicted octanol–water partition coefficient (Wildman–Crippen LogP) is 0.244. The largest absolute Gasteiger partial charge is 0.229 e. The minimum Gasteiger partial charge on any atom is -0.229 e. The zero-order chi connectivity index (χ0) is 10.7. The smallest absolute Gasteiger partial charge is 0.152 e. The number of rotatable bonds is 5. The third-order valence-electron chi connectivity index (χ3n) is 1.66. The van der Waals surface area contributed by atoms with Crippen LogP contribution in [-0.2, 0) is 19.7 Å². The van der Waals surface area contributed by atoms with Crippen LogP contribution in [0.4, 0.5) is 0 Å². The van der Waals surface area contributed by atoms with Crippen LogP contribution in [0.2, 0.25) is 0 Å². The second-order valence-electron chi connectivity index (χ2n) is 3.40. The molecule has 0 saturated heterocycles. The summed E-state index contributed by atoms with van der Waals surface area (Å²) in [5, 5.41) is -0.424. The van der Waals surface area contributed by atoms with Crippen molar-refractivity contribution in [2.45, 2.75) is 25.5 Å². The van der Waals surface area contributed by atoms with Crippen molar-refractivity contribution in [3.63, 3.8) is 0 Å². The second kappa shape index (κ2) is 4.41. The Morgan fingerprint density at radius 2 is 1.46 bits per heavy atom. The summed E-state index contributed by atoms with van der Waals surface area (Å²) < 4.78 is 43.8. The summed E-state index contributed by atoms with van der Waals surface area (Å²) in [6.45, 7) is 3.19. The third kappa shape index (κ3) is 6.04. The van der Waals surface area contributed by atoms with Crippen LogP contribution >= 0.6 is 0 Å². The molecule has 80 valence electrons. The molecule has 0 aromatic heterocycles. The van der Waals surface area contributed by atoms with Crippen molar-refractivity contribution in [1.29, 1.82) is 0 Å². The lowest BCUT2D eigenvalue weighted by Crippen LogP contribution is -2.19. The SMILES string of the molecule is CC(C)S(=O)(=O)CCCS(C)(=O)=O. The monoisotopic (exact) mass is 228 g/mol. The van der Waals surface area contributed by atoms with Gasteiger partial charge in [0.1, 0.15) is 9.84 Å². The summed E-state index contributed by atoms with van der Waals surface area (Å²) in [6.07, 6.45) is 1.30. The quantitative estimate of drug-likeness (QED) is 0.676. The van der Waals surface area contributed by atoms with E-state index in [1.807, 2.05) is 0 Å². The second-order valence-corrected chi connectivity index (χ2v) is 8.34. The van der Waals surface area contributed by atoms with Crippen LogP contribution in [0.5, 0.6) is 0 Å². The highest BCUT2D eigenvalue weighted by molar-refractivity contribution is 7.92. The van der Waals surface area contributed by atoms with E-state index in [9.17, 15) is 16.8 Å². The average Bonchev–Trinajstić information content (AvgIpc) is 1.82. The standard InChI is InChI=1S/C7H16O4S2/c1-7(2)13(10,11)6-4-5-12(3,8)9/h7H,4-6H2,1-3H3. The Kier molecular flexibility index (Phi) is 4.38. The van der Waals surface area contributed by atoms with E-state index in [2.05, 4.69) is 0 Å². The van der Waals surface area contributed by atoms with Gasteiger partial charge in [-0.15, -0.1) is 0 Å². The molecule has 0 fully saturated rings. The van der Waals surface area contributed by atoms with Crippen LogP contribution in [0.15, 0.2) is 0 Å². The van der Waals surface area contributed by atoms with E-state index >= 15 is 0 Å². The molecule has 13 heavy (non-hydrogen) atoms. The maximum Gasteiger partial charge on any atom is 0.152 e. The molecule has 0 aliphatic heterocycles. The topological polar surface area (TPSA) is 68.3 Å². The number of hydrogen-bond acceptors (Lipinski definition) is 4. The number of hydrogen-bond donors (Lipinski definition) is 0. The molecular formula is C7H16O4S2. The van der Waals surface area contributed by atoms with E-state index in [0.717, 1.165) is 6.26 Å². The molecule has 0 atom stereocenters. The average molecular weight is 228 g/mol. The maximum atomic E-state index is 11.2. The number of sulfone groups is 2. The Bertz CT molecular complexity index is 337. The molecule has 0 rings (SSSR count). The zero-order valence-electron chi connectivity index (χ0n) is 8.15. The van der Waals surface area contributed by atoms with Gasteiger partial charge in [-0.1, -0.05) is 0 Å². The Hall–Kier alpha value is -0.100. The Balaban J connectivity index is 4.07. The van der Waals surface area contributed by atoms with Crippen molar-refractivity contribution in [2.24, 2.45) is 0 Å². The van der Waals surface area contributed by atoms with Gasteiger partial charge in [0.05, 0.1) is 16.8 Å². The van der Waals surface area contributed by atoms with Crippen molar-refractivity contribution in [3.8, 4) is 0 Å². The minimum atomic E-state index is -3.09. The molecular weight excluding hydrogens is 212 g/mol. The molecule has 0 bridgehead atoms. The summed E-state index contributed by atoms with van der Waals surface area (Å²) in [5.41, 5.74) is 0. The molecule has 0 aromatic rings. The van der Waals surface area contributed by atoms with Gasteiger partial charge >= 0.3 is 0 Å². The lowest BCUT2D eigenvalue weighted by Gasteiger charge is -2.06. The van der Waals surface area contributed by atoms with Crippen LogP contribution in [0.1, 0.15) is 20.3 Å². The zero-order valence-corrected chi connectivity index (χ0v) is 9.78. The molecule has 0 N–H and O–H groups in total. The van der Waals surface area contributed by atoms with Crippen molar-refractivity contribution in [1.82, 2.24) is 0 Å². The van der Waals surface area contributed by atoms with E-state index in [-0.39, 0.29) is 17.9 Å². The third-order valence-corrected chi connectivity index (χ3v) is 4.99. The van der Waals surface area contributed by atoms with Crippen LogP contribution < -0.4 is 0 Å². The van der Waals surface area contributed by atoms with Crippen molar-refractivity contribution < 1.29 is 16.8 Å². The Morgan fingerprint density at radius 3 is 1.77 bits per heavy atom. The minimum absolute atomic E-state index is 0.0439. The van der Waals surface area contributed by atoms with E-state index in [1.165, 1.54) is 0 Å². The van der Waals surface area contributed by atoms with Gasteiger partial charge in [-0.05, 0) is 20.3 Å². The predicted molar refractivity (Wildman–Crippen MR) is 53.3 cm³/mol. The molecule has 0 spiro atoms. The van der Waals surface area contributed by atoms with E-state index < -0.39 is 24.9 Å². The van der Waals surface area contributed by atoms with Gasteiger partial charge in [0.25, 0.3) is 0 Å². The van der Waals surface area contributed by atoms with Crippen molar-refractivity contribution in [3.05, 3.63) is 0 Å². The summed E-state index contributed by atoms with van der Waals surface area (Å²) in [4.78, 5) is 0. The van der Waals surface area contributed by atoms with Gasteiger partial charge in [0.15, 0.2) is 9.84 Å². The van der Waals surface area contributed by atoms with Crippen LogP contribution in [-0.4, -0.2) is 39.8 Å². The highest BCUT2D eigenvalue weighted by Gasteiger charge is 2.16. The van der Waals surface area contributed by atoms with Gasteiger partial charge in [-0.3, -0.25) is 0 Å². The molecule has 0 radical (unpaired) electrons. The summed E-state index contributed by atoms with van der Waals surface area (Å²) in [7, 11) is -6.12. The molecule has 0 amide bonds. The van der Waals surface area contributed by atoms with Crippen LogP contribution in [0.3, 0.4) is 0 Å². The fraction of sp³-hybridized carbons (Fsp3) is 1.00.